The van der Waals surface area contributed by atoms with Crippen LogP contribution in [0.3, 0.4) is 0 Å². The fourth-order valence-corrected chi connectivity index (χ4v) is 2.88. The average molecular weight is 333 g/mol. The van der Waals surface area contributed by atoms with E-state index in [4.69, 9.17) is 9.47 Å². The maximum atomic E-state index is 12.7. The highest BCUT2D eigenvalue weighted by Gasteiger charge is 2.31. The molecule has 0 N–H and O–H groups in total. The fourth-order valence-electron chi connectivity index (χ4n) is 2.88. The molecule has 124 valence electrons. The summed E-state index contributed by atoms with van der Waals surface area (Å²) in [6.45, 7) is 0.281. The number of nitrogens with zero attached hydrogens (tertiary/aromatic N) is 1. The molecule has 1 fully saturated rings. The van der Waals surface area contributed by atoms with Gasteiger partial charge in [-0.15, -0.1) is 0 Å². The first-order chi connectivity index (χ1) is 12.2. The van der Waals surface area contributed by atoms with Crippen molar-refractivity contribution in [2.45, 2.75) is 12.5 Å². The van der Waals surface area contributed by atoms with Crippen LogP contribution in [0.25, 0.3) is 22.2 Å². The summed E-state index contributed by atoms with van der Waals surface area (Å²) < 4.78 is 10.2. The highest BCUT2D eigenvalue weighted by atomic mass is 16.6. The SMILES string of the molecule is O=C(O[C@@H]1CCOC1=O)c1cc(-c2ccccc2)nc2ccccc12. The van der Waals surface area contributed by atoms with Crippen molar-refractivity contribution in [1.29, 1.82) is 0 Å². The van der Waals surface area contributed by atoms with Crippen LogP contribution in [0, 0.1) is 0 Å². The van der Waals surface area contributed by atoms with Gasteiger partial charge in [-0.1, -0.05) is 48.5 Å². The summed E-state index contributed by atoms with van der Waals surface area (Å²) in [7, 11) is 0. The van der Waals surface area contributed by atoms with E-state index in [1.165, 1.54) is 0 Å². The Morgan fingerprint density at radius 1 is 1.08 bits per heavy atom. The number of esters is 2. The van der Waals surface area contributed by atoms with E-state index in [9.17, 15) is 9.59 Å². The Kier molecular flexibility index (Phi) is 3.90. The van der Waals surface area contributed by atoms with Gasteiger partial charge in [0.2, 0.25) is 6.10 Å². The quantitative estimate of drug-likeness (QED) is 0.688. The van der Waals surface area contributed by atoms with Gasteiger partial charge in [-0.3, -0.25) is 0 Å². The molecule has 1 aromatic heterocycles. The van der Waals surface area contributed by atoms with Crippen molar-refractivity contribution in [3.05, 3.63) is 66.2 Å². The van der Waals surface area contributed by atoms with E-state index in [1.807, 2.05) is 54.6 Å². The smallest absolute Gasteiger partial charge is 0.347 e. The van der Waals surface area contributed by atoms with Gasteiger partial charge in [0.25, 0.3) is 0 Å². The van der Waals surface area contributed by atoms with Gasteiger partial charge in [-0.25, -0.2) is 14.6 Å². The van der Waals surface area contributed by atoms with Crippen LogP contribution in [0.5, 0.6) is 0 Å². The lowest BCUT2D eigenvalue weighted by Gasteiger charge is -2.12. The highest BCUT2D eigenvalue weighted by Crippen LogP contribution is 2.26. The number of hydrogen-bond acceptors (Lipinski definition) is 5. The first-order valence-electron chi connectivity index (χ1n) is 8.05. The van der Waals surface area contributed by atoms with Crippen molar-refractivity contribution in [2.24, 2.45) is 0 Å². The summed E-state index contributed by atoms with van der Waals surface area (Å²) in [5.41, 5.74) is 2.68. The largest absolute Gasteiger partial charge is 0.463 e. The number of carbonyl (C=O) groups excluding carboxylic acids is 2. The van der Waals surface area contributed by atoms with Crippen molar-refractivity contribution >= 4 is 22.8 Å². The maximum Gasteiger partial charge on any atom is 0.347 e. The number of para-hydroxylation sites is 1. The van der Waals surface area contributed by atoms with Crippen molar-refractivity contribution in [2.75, 3.05) is 6.61 Å². The first kappa shape index (κ1) is 15.3. The van der Waals surface area contributed by atoms with Gasteiger partial charge in [-0.05, 0) is 12.1 Å². The minimum atomic E-state index is -0.834. The molecule has 0 radical (unpaired) electrons. The molecule has 1 saturated heterocycles. The molecule has 2 aromatic carbocycles. The lowest BCUT2D eigenvalue weighted by molar-refractivity contribution is -0.145. The molecule has 0 bridgehead atoms. The number of fused-ring (bicyclic) bond motifs is 1. The van der Waals surface area contributed by atoms with Crippen LogP contribution in [-0.4, -0.2) is 29.6 Å². The van der Waals surface area contributed by atoms with E-state index in [0.29, 0.717) is 28.6 Å². The van der Waals surface area contributed by atoms with Crippen LogP contribution in [0.4, 0.5) is 0 Å². The zero-order chi connectivity index (χ0) is 17.2. The number of ether oxygens (including phenoxy) is 2. The lowest BCUT2D eigenvalue weighted by atomic mass is 10.0. The molecule has 2 heterocycles. The molecule has 5 nitrogen and oxygen atoms in total. The van der Waals surface area contributed by atoms with Crippen molar-refractivity contribution < 1.29 is 19.1 Å². The van der Waals surface area contributed by atoms with Crippen molar-refractivity contribution in [3.8, 4) is 11.3 Å². The summed E-state index contributed by atoms with van der Waals surface area (Å²) in [5.74, 6) is -1.03. The van der Waals surface area contributed by atoms with Gasteiger partial charge in [0.15, 0.2) is 0 Å². The number of benzene rings is 2. The summed E-state index contributed by atoms with van der Waals surface area (Å²) in [6, 6.07) is 18.7. The number of hydrogen-bond donors (Lipinski definition) is 0. The molecular formula is C20H15NO4. The van der Waals surface area contributed by atoms with Gasteiger partial charge in [0.1, 0.15) is 0 Å². The van der Waals surface area contributed by atoms with E-state index in [-0.39, 0.29) is 6.61 Å². The van der Waals surface area contributed by atoms with Crippen LogP contribution >= 0.6 is 0 Å². The topological polar surface area (TPSA) is 65.5 Å². The molecule has 3 aromatic rings. The van der Waals surface area contributed by atoms with Crippen LogP contribution in [0.2, 0.25) is 0 Å². The van der Waals surface area contributed by atoms with Crippen LogP contribution in [0.1, 0.15) is 16.8 Å². The first-order valence-corrected chi connectivity index (χ1v) is 8.05. The molecule has 1 aliphatic heterocycles. The Bertz CT molecular complexity index is 952. The summed E-state index contributed by atoms with van der Waals surface area (Å²) in [6.07, 6.45) is -0.446. The second kappa shape index (κ2) is 6.36. The monoisotopic (exact) mass is 333 g/mol. The zero-order valence-electron chi connectivity index (χ0n) is 13.3. The highest BCUT2D eigenvalue weighted by molar-refractivity contribution is 6.05. The third-order valence-electron chi connectivity index (χ3n) is 4.14. The molecule has 0 unspecified atom stereocenters. The normalized spacial score (nSPS) is 16.6. The van der Waals surface area contributed by atoms with Crippen molar-refractivity contribution in [1.82, 2.24) is 4.98 Å². The standard InChI is InChI=1S/C20H15NO4/c22-19(25-18-10-11-24-20(18)23)15-12-17(13-6-2-1-3-7-13)21-16-9-5-4-8-14(15)16/h1-9,12,18H,10-11H2/t18-/m1/s1. The third-order valence-corrected chi connectivity index (χ3v) is 4.14. The zero-order valence-corrected chi connectivity index (χ0v) is 13.3. The Balaban J connectivity index is 1.78. The second-order valence-corrected chi connectivity index (χ2v) is 5.79. The molecule has 1 aliphatic rings. The molecule has 5 heteroatoms. The molecule has 4 rings (SSSR count). The van der Waals surface area contributed by atoms with E-state index in [1.54, 1.807) is 6.07 Å². The van der Waals surface area contributed by atoms with Gasteiger partial charge < -0.3 is 9.47 Å². The predicted octanol–water partition coefficient (Wildman–Crippen LogP) is 3.37. The minimum Gasteiger partial charge on any atom is -0.463 e. The molecule has 0 spiro atoms. The van der Waals surface area contributed by atoms with Gasteiger partial charge in [0, 0.05) is 17.4 Å². The van der Waals surface area contributed by atoms with Crippen LogP contribution in [-0.2, 0) is 14.3 Å². The average Bonchev–Trinajstić information content (AvgIpc) is 3.06. The molecule has 25 heavy (non-hydrogen) atoms. The maximum absolute atomic E-state index is 12.7. The summed E-state index contributed by atoms with van der Waals surface area (Å²) in [5, 5.41) is 0.693. The fraction of sp³-hybridized carbons (Fsp3) is 0.150. The van der Waals surface area contributed by atoms with Gasteiger partial charge in [0.05, 0.1) is 23.4 Å². The predicted molar refractivity (Wildman–Crippen MR) is 92.0 cm³/mol. The molecular weight excluding hydrogens is 318 g/mol. The van der Waals surface area contributed by atoms with E-state index in [0.717, 1.165) is 5.56 Å². The Morgan fingerprint density at radius 2 is 1.84 bits per heavy atom. The van der Waals surface area contributed by atoms with Crippen LogP contribution in [0.15, 0.2) is 60.7 Å². The second-order valence-electron chi connectivity index (χ2n) is 5.79. The number of aromatic nitrogens is 1. The molecule has 0 saturated carbocycles. The lowest BCUT2D eigenvalue weighted by Crippen LogP contribution is -2.23. The Labute approximate surface area is 144 Å². The van der Waals surface area contributed by atoms with E-state index < -0.39 is 18.0 Å². The van der Waals surface area contributed by atoms with Crippen molar-refractivity contribution in [3.63, 3.8) is 0 Å². The van der Waals surface area contributed by atoms with E-state index >= 15 is 0 Å². The number of pyridine rings is 1. The third kappa shape index (κ3) is 2.96. The minimum absolute atomic E-state index is 0.281. The molecule has 0 aliphatic carbocycles. The summed E-state index contributed by atoms with van der Waals surface area (Å²) in [4.78, 5) is 28.9. The number of cyclic esters (lactones) is 1. The number of rotatable bonds is 3. The Hall–Kier alpha value is -3.21. The van der Waals surface area contributed by atoms with Gasteiger partial charge in [-0.2, -0.15) is 0 Å². The van der Waals surface area contributed by atoms with E-state index in [2.05, 4.69) is 4.98 Å². The summed E-state index contributed by atoms with van der Waals surface area (Å²) >= 11 is 0. The Morgan fingerprint density at radius 3 is 2.60 bits per heavy atom. The van der Waals surface area contributed by atoms with Crippen LogP contribution < -0.4 is 0 Å². The molecule has 0 amide bonds. The van der Waals surface area contributed by atoms with Gasteiger partial charge >= 0.3 is 11.9 Å². The number of carbonyl (C=O) groups is 2. The molecule has 1 atom stereocenters.